The SMILES string of the molecule is CCc1ccc(NC(=O)C(C)(C)C(=O)NCCc2ccccc2F)cc1. The van der Waals surface area contributed by atoms with Gasteiger partial charge in [-0.3, -0.25) is 9.59 Å². The first-order chi connectivity index (χ1) is 12.3. The second kappa shape index (κ2) is 8.61. The summed E-state index contributed by atoms with van der Waals surface area (Å²) < 4.78 is 13.6. The topological polar surface area (TPSA) is 58.2 Å². The average Bonchev–Trinajstić information content (AvgIpc) is 2.63. The van der Waals surface area contributed by atoms with Gasteiger partial charge in [-0.05, 0) is 56.0 Å². The van der Waals surface area contributed by atoms with Gasteiger partial charge in [0.05, 0.1) is 0 Å². The van der Waals surface area contributed by atoms with Gasteiger partial charge in [-0.1, -0.05) is 37.3 Å². The molecule has 0 aromatic heterocycles. The Morgan fingerprint density at radius 1 is 1.00 bits per heavy atom. The molecule has 2 aromatic carbocycles. The number of carbonyl (C=O) groups is 2. The molecule has 0 heterocycles. The number of amides is 2. The molecule has 0 aliphatic carbocycles. The monoisotopic (exact) mass is 356 g/mol. The predicted molar refractivity (Wildman–Crippen MR) is 101 cm³/mol. The van der Waals surface area contributed by atoms with Crippen LogP contribution in [0.15, 0.2) is 48.5 Å². The number of benzene rings is 2. The van der Waals surface area contributed by atoms with Gasteiger partial charge < -0.3 is 10.6 Å². The zero-order valence-corrected chi connectivity index (χ0v) is 15.4. The van der Waals surface area contributed by atoms with Gasteiger partial charge >= 0.3 is 0 Å². The first-order valence-electron chi connectivity index (χ1n) is 8.76. The van der Waals surface area contributed by atoms with Crippen LogP contribution in [0.3, 0.4) is 0 Å². The van der Waals surface area contributed by atoms with Crippen molar-refractivity contribution in [1.29, 1.82) is 0 Å². The summed E-state index contributed by atoms with van der Waals surface area (Å²) in [5.74, 6) is -1.07. The minimum absolute atomic E-state index is 0.266. The summed E-state index contributed by atoms with van der Waals surface area (Å²) in [6.07, 6.45) is 1.29. The molecule has 0 unspecified atom stereocenters. The van der Waals surface area contributed by atoms with Crippen LogP contribution in [-0.2, 0) is 22.4 Å². The van der Waals surface area contributed by atoms with E-state index in [9.17, 15) is 14.0 Å². The van der Waals surface area contributed by atoms with Gasteiger partial charge in [-0.2, -0.15) is 0 Å². The highest BCUT2D eigenvalue weighted by Gasteiger charge is 2.35. The van der Waals surface area contributed by atoms with Crippen LogP contribution in [0.2, 0.25) is 0 Å². The Morgan fingerprint density at radius 3 is 2.27 bits per heavy atom. The van der Waals surface area contributed by atoms with Crippen molar-refractivity contribution in [2.75, 3.05) is 11.9 Å². The quantitative estimate of drug-likeness (QED) is 0.743. The van der Waals surface area contributed by atoms with Crippen molar-refractivity contribution in [1.82, 2.24) is 5.32 Å². The molecule has 2 amide bonds. The smallest absolute Gasteiger partial charge is 0.239 e. The number of halogens is 1. The second-order valence-electron chi connectivity index (χ2n) is 6.73. The van der Waals surface area contributed by atoms with E-state index >= 15 is 0 Å². The molecule has 0 spiro atoms. The fraction of sp³-hybridized carbons (Fsp3) is 0.333. The van der Waals surface area contributed by atoms with Gasteiger partial charge in [0.1, 0.15) is 11.2 Å². The fourth-order valence-electron chi connectivity index (χ4n) is 2.45. The molecule has 0 fully saturated rings. The summed E-state index contributed by atoms with van der Waals surface area (Å²) in [5.41, 5.74) is 1.12. The standard InChI is InChI=1S/C21H25FN2O2/c1-4-15-9-11-17(12-10-15)24-20(26)21(2,3)19(25)23-14-13-16-7-5-6-8-18(16)22/h5-12H,4,13-14H2,1-3H3,(H,23,25)(H,24,26). The minimum atomic E-state index is -1.24. The van der Waals surface area contributed by atoms with E-state index < -0.39 is 11.3 Å². The van der Waals surface area contributed by atoms with Crippen molar-refractivity contribution >= 4 is 17.5 Å². The molecular weight excluding hydrogens is 331 g/mol. The third kappa shape index (κ3) is 4.91. The lowest BCUT2D eigenvalue weighted by Crippen LogP contribution is -2.45. The molecule has 2 aromatic rings. The number of rotatable bonds is 7. The van der Waals surface area contributed by atoms with Crippen LogP contribution in [0.5, 0.6) is 0 Å². The van der Waals surface area contributed by atoms with Crippen molar-refractivity contribution in [3.05, 3.63) is 65.5 Å². The van der Waals surface area contributed by atoms with Crippen molar-refractivity contribution in [2.24, 2.45) is 5.41 Å². The van der Waals surface area contributed by atoms with E-state index in [0.717, 1.165) is 6.42 Å². The number of carbonyl (C=O) groups excluding carboxylic acids is 2. The number of anilines is 1. The van der Waals surface area contributed by atoms with Crippen LogP contribution >= 0.6 is 0 Å². The summed E-state index contributed by atoms with van der Waals surface area (Å²) in [7, 11) is 0. The summed E-state index contributed by atoms with van der Waals surface area (Å²) in [5, 5.41) is 5.49. The molecule has 4 nitrogen and oxygen atoms in total. The summed E-state index contributed by atoms with van der Waals surface area (Å²) in [6.45, 7) is 5.46. The van der Waals surface area contributed by atoms with Crippen molar-refractivity contribution in [2.45, 2.75) is 33.6 Å². The van der Waals surface area contributed by atoms with Crippen LogP contribution in [0.25, 0.3) is 0 Å². The van der Waals surface area contributed by atoms with Crippen molar-refractivity contribution < 1.29 is 14.0 Å². The molecule has 0 saturated carbocycles. The van der Waals surface area contributed by atoms with Crippen LogP contribution in [0, 0.1) is 11.2 Å². The molecule has 0 radical (unpaired) electrons. The summed E-state index contributed by atoms with van der Waals surface area (Å²) >= 11 is 0. The van der Waals surface area contributed by atoms with Gasteiger partial charge in [-0.15, -0.1) is 0 Å². The lowest BCUT2D eigenvalue weighted by molar-refractivity contribution is -0.138. The molecule has 0 atom stereocenters. The molecule has 2 N–H and O–H groups in total. The van der Waals surface area contributed by atoms with E-state index in [1.165, 1.54) is 11.6 Å². The molecule has 0 bridgehead atoms. The number of hydrogen-bond donors (Lipinski definition) is 2. The maximum absolute atomic E-state index is 13.6. The van der Waals surface area contributed by atoms with Gasteiger partial charge in [-0.25, -0.2) is 4.39 Å². The van der Waals surface area contributed by atoms with Crippen molar-refractivity contribution in [3.63, 3.8) is 0 Å². The van der Waals surface area contributed by atoms with Crippen LogP contribution in [0.4, 0.5) is 10.1 Å². The lowest BCUT2D eigenvalue weighted by atomic mass is 9.90. The fourth-order valence-corrected chi connectivity index (χ4v) is 2.45. The van der Waals surface area contributed by atoms with Crippen LogP contribution < -0.4 is 10.6 Å². The highest BCUT2D eigenvalue weighted by atomic mass is 19.1. The number of aryl methyl sites for hydroxylation is 1. The Morgan fingerprint density at radius 2 is 1.65 bits per heavy atom. The lowest BCUT2D eigenvalue weighted by Gasteiger charge is -2.23. The van der Waals surface area contributed by atoms with Gasteiger partial charge in [0.15, 0.2) is 0 Å². The molecule has 26 heavy (non-hydrogen) atoms. The Balaban J connectivity index is 1.91. The predicted octanol–water partition coefficient (Wildman–Crippen LogP) is 3.71. The molecule has 0 aliphatic rings. The third-order valence-corrected chi connectivity index (χ3v) is 4.39. The Labute approximate surface area is 153 Å². The van der Waals surface area contributed by atoms with Gasteiger partial charge in [0, 0.05) is 12.2 Å². The van der Waals surface area contributed by atoms with Crippen LogP contribution in [-0.4, -0.2) is 18.4 Å². The van der Waals surface area contributed by atoms with Crippen molar-refractivity contribution in [3.8, 4) is 0 Å². The van der Waals surface area contributed by atoms with Crippen LogP contribution in [0.1, 0.15) is 31.9 Å². The summed E-state index contributed by atoms with van der Waals surface area (Å²) in [4.78, 5) is 24.9. The average molecular weight is 356 g/mol. The molecular formula is C21H25FN2O2. The zero-order valence-electron chi connectivity index (χ0n) is 15.4. The van der Waals surface area contributed by atoms with E-state index in [1.54, 1.807) is 32.0 Å². The first kappa shape index (κ1) is 19.6. The maximum atomic E-state index is 13.6. The Bertz CT molecular complexity index is 770. The molecule has 5 heteroatoms. The Hall–Kier alpha value is -2.69. The first-order valence-corrected chi connectivity index (χ1v) is 8.76. The molecule has 138 valence electrons. The van der Waals surface area contributed by atoms with Gasteiger partial charge in [0.25, 0.3) is 0 Å². The normalized spacial score (nSPS) is 11.1. The molecule has 2 rings (SSSR count). The second-order valence-corrected chi connectivity index (χ2v) is 6.73. The van der Waals surface area contributed by atoms with Gasteiger partial charge in [0.2, 0.25) is 11.8 Å². The van der Waals surface area contributed by atoms with E-state index in [0.29, 0.717) is 17.7 Å². The largest absolute Gasteiger partial charge is 0.355 e. The maximum Gasteiger partial charge on any atom is 0.239 e. The number of nitrogens with one attached hydrogen (secondary N) is 2. The third-order valence-electron chi connectivity index (χ3n) is 4.39. The zero-order chi connectivity index (χ0) is 19.2. The highest BCUT2D eigenvalue weighted by Crippen LogP contribution is 2.19. The molecule has 0 saturated heterocycles. The molecule has 0 aliphatic heterocycles. The number of hydrogen-bond acceptors (Lipinski definition) is 2. The van der Waals surface area contributed by atoms with E-state index in [4.69, 9.17) is 0 Å². The van der Waals surface area contributed by atoms with E-state index in [1.807, 2.05) is 24.3 Å². The Kier molecular flexibility index (Phi) is 6.50. The minimum Gasteiger partial charge on any atom is -0.355 e. The highest BCUT2D eigenvalue weighted by molar-refractivity contribution is 6.09. The van der Waals surface area contributed by atoms with E-state index in [-0.39, 0.29) is 18.3 Å². The summed E-state index contributed by atoms with van der Waals surface area (Å²) in [6, 6.07) is 14.0. The van der Waals surface area contributed by atoms with E-state index in [2.05, 4.69) is 17.6 Å².